The van der Waals surface area contributed by atoms with Crippen molar-refractivity contribution in [3.05, 3.63) is 71.4 Å². The summed E-state index contributed by atoms with van der Waals surface area (Å²) in [7, 11) is 0. The summed E-state index contributed by atoms with van der Waals surface area (Å²) in [5.41, 5.74) is 3.43. The molecule has 3 aromatic rings. The number of rotatable bonds is 8. The van der Waals surface area contributed by atoms with Crippen LogP contribution in [0.1, 0.15) is 46.6 Å². The lowest BCUT2D eigenvalue weighted by Gasteiger charge is -2.42. The van der Waals surface area contributed by atoms with Gasteiger partial charge in [0.05, 0.1) is 11.4 Å². The number of benzene rings is 1. The normalized spacial score (nSPS) is 17.4. The van der Waals surface area contributed by atoms with Crippen LogP contribution in [0.15, 0.2) is 53.2 Å². The van der Waals surface area contributed by atoms with Crippen molar-refractivity contribution < 1.29 is 9.21 Å². The minimum absolute atomic E-state index is 0.117. The lowest BCUT2D eigenvalue weighted by molar-refractivity contribution is 0.0919. The van der Waals surface area contributed by atoms with Gasteiger partial charge in [0.1, 0.15) is 5.76 Å². The lowest BCUT2D eigenvalue weighted by Crippen LogP contribution is -2.50. The number of amides is 1. The molecule has 178 valence electrons. The number of carbonyl (C=O) groups excluding carboxylic acids is 1. The monoisotopic (exact) mass is 477 g/mol. The molecule has 7 nitrogen and oxygen atoms in total. The Morgan fingerprint density at radius 3 is 2.62 bits per heavy atom. The minimum Gasteiger partial charge on any atom is -0.441 e. The van der Waals surface area contributed by atoms with Gasteiger partial charge in [-0.3, -0.25) is 14.7 Å². The number of pyridine rings is 1. The van der Waals surface area contributed by atoms with Gasteiger partial charge in [0.15, 0.2) is 0 Å². The quantitative estimate of drug-likeness (QED) is 0.485. The molecule has 1 aromatic carbocycles. The van der Waals surface area contributed by atoms with E-state index < -0.39 is 0 Å². The minimum atomic E-state index is -0.117. The van der Waals surface area contributed by atoms with E-state index >= 15 is 0 Å². The molecule has 1 saturated carbocycles. The molecule has 34 heavy (non-hydrogen) atoms. The molecule has 8 heteroatoms. The highest BCUT2D eigenvalue weighted by atomic mass is 32.2. The van der Waals surface area contributed by atoms with Crippen LogP contribution in [0.25, 0.3) is 11.5 Å². The van der Waals surface area contributed by atoms with Gasteiger partial charge in [-0.25, -0.2) is 9.29 Å². The number of piperazine rings is 1. The molecule has 1 aliphatic carbocycles. The summed E-state index contributed by atoms with van der Waals surface area (Å²) >= 11 is 1.85. The highest BCUT2D eigenvalue weighted by Gasteiger charge is 2.28. The summed E-state index contributed by atoms with van der Waals surface area (Å²) in [5.74, 6) is 2.15. The van der Waals surface area contributed by atoms with E-state index in [1.165, 1.54) is 32.4 Å². The average Bonchev–Trinajstić information content (AvgIpc) is 3.22. The molecule has 1 saturated heterocycles. The Balaban J connectivity index is 1.13. The van der Waals surface area contributed by atoms with E-state index in [1.807, 2.05) is 55.3 Å². The molecular formula is C26H31N5O2S. The predicted molar refractivity (Wildman–Crippen MR) is 134 cm³/mol. The zero-order valence-electron chi connectivity index (χ0n) is 19.6. The van der Waals surface area contributed by atoms with Gasteiger partial charge >= 0.3 is 0 Å². The summed E-state index contributed by atoms with van der Waals surface area (Å²) in [5, 5.41) is 2.92. The Labute approximate surface area is 205 Å². The summed E-state index contributed by atoms with van der Waals surface area (Å²) in [6.45, 7) is 6.97. The Hall–Kier alpha value is -2.68. The average molecular weight is 478 g/mol. The smallest absolute Gasteiger partial charge is 0.251 e. The summed E-state index contributed by atoms with van der Waals surface area (Å²) < 4.78 is 8.42. The molecule has 0 radical (unpaired) electrons. The van der Waals surface area contributed by atoms with Gasteiger partial charge in [0.25, 0.3) is 5.91 Å². The van der Waals surface area contributed by atoms with Crippen LogP contribution in [0.5, 0.6) is 0 Å². The van der Waals surface area contributed by atoms with Crippen LogP contribution in [-0.2, 0) is 12.3 Å². The van der Waals surface area contributed by atoms with E-state index in [0.717, 1.165) is 47.5 Å². The Morgan fingerprint density at radius 2 is 1.94 bits per heavy atom. The van der Waals surface area contributed by atoms with Crippen molar-refractivity contribution in [2.24, 2.45) is 0 Å². The number of hydrogen-bond donors (Lipinski definition) is 1. The van der Waals surface area contributed by atoms with Crippen molar-refractivity contribution in [1.29, 1.82) is 0 Å². The number of hydrogen-bond acceptors (Lipinski definition) is 7. The van der Waals surface area contributed by atoms with Crippen molar-refractivity contribution in [2.75, 3.05) is 26.2 Å². The Morgan fingerprint density at radius 1 is 1.15 bits per heavy atom. The highest BCUT2D eigenvalue weighted by molar-refractivity contribution is 7.96. The van der Waals surface area contributed by atoms with Gasteiger partial charge in [-0.15, -0.1) is 0 Å². The first-order chi connectivity index (χ1) is 16.7. The highest BCUT2D eigenvalue weighted by Crippen LogP contribution is 2.29. The molecule has 2 aliphatic rings. The third-order valence-electron chi connectivity index (χ3n) is 6.71. The standard InChI is InChI=1S/C26H31N5O2S/c1-19-24(18-34-31-14-12-30(13-15-31)23-5-2-6-23)29-26(33-19)22-9-7-21(8-10-22)25(32)28-17-20-4-3-11-27-16-20/h3-4,7-11,16,23H,2,5-6,12-15,17-18H2,1H3,(H,28,32). The molecule has 0 bridgehead atoms. The second-order valence-electron chi connectivity index (χ2n) is 8.97. The maximum Gasteiger partial charge on any atom is 0.251 e. The largest absolute Gasteiger partial charge is 0.441 e. The van der Waals surface area contributed by atoms with Gasteiger partial charge in [-0.05, 0) is 55.7 Å². The number of oxazole rings is 1. The number of nitrogens with one attached hydrogen (secondary N) is 1. The van der Waals surface area contributed by atoms with Gasteiger partial charge in [0, 0.05) is 62.3 Å². The van der Waals surface area contributed by atoms with Crippen LogP contribution in [0.3, 0.4) is 0 Å². The zero-order valence-corrected chi connectivity index (χ0v) is 20.4. The predicted octanol–water partition coefficient (Wildman–Crippen LogP) is 4.29. The summed E-state index contributed by atoms with van der Waals surface area (Å²) in [4.78, 5) is 23.9. The van der Waals surface area contributed by atoms with E-state index in [-0.39, 0.29) is 5.91 Å². The van der Waals surface area contributed by atoms with Gasteiger partial charge < -0.3 is 9.73 Å². The molecule has 0 spiro atoms. The molecule has 5 rings (SSSR count). The first-order valence-corrected chi connectivity index (χ1v) is 13.0. The number of nitrogens with zero attached hydrogens (tertiary/aromatic N) is 4. The van der Waals surface area contributed by atoms with Crippen LogP contribution in [0.4, 0.5) is 0 Å². The molecule has 2 fully saturated rings. The summed E-state index contributed by atoms with van der Waals surface area (Å²) in [6.07, 6.45) is 7.63. The SMILES string of the molecule is Cc1oc(-c2ccc(C(=O)NCc3cccnc3)cc2)nc1CSN1CCN(C2CCC2)CC1. The van der Waals surface area contributed by atoms with Crippen molar-refractivity contribution in [2.45, 2.75) is 44.5 Å². The zero-order chi connectivity index (χ0) is 23.3. The van der Waals surface area contributed by atoms with Gasteiger partial charge in [0.2, 0.25) is 5.89 Å². The third-order valence-corrected chi connectivity index (χ3v) is 7.84. The molecule has 1 amide bonds. The maximum absolute atomic E-state index is 12.5. The number of aryl methyl sites for hydroxylation is 1. The van der Waals surface area contributed by atoms with Gasteiger partial charge in [-0.2, -0.15) is 0 Å². The molecule has 0 unspecified atom stereocenters. The first kappa shape index (κ1) is 23.1. The van der Waals surface area contributed by atoms with Crippen LogP contribution in [0, 0.1) is 6.92 Å². The lowest BCUT2D eigenvalue weighted by atomic mass is 9.91. The fourth-order valence-electron chi connectivity index (χ4n) is 4.34. The van der Waals surface area contributed by atoms with E-state index in [1.54, 1.807) is 12.4 Å². The number of carbonyl (C=O) groups is 1. The molecule has 0 atom stereocenters. The Kier molecular flexibility index (Phi) is 7.27. The first-order valence-electron chi connectivity index (χ1n) is 12.0. The second kappa shape index (κ2) is 10.7. The van der Waals surface area contributed by atoms with Crippen molar-refractivity contribution in [1.82, 2.24) is 24.5 Å². The van der Waals surface area contributed by atoms with Crippen LogP contribution in [0.2, 0.25) is 0 Å². The molecular weight excluding hydrogens is 446 g/mol. The molecule has 2 aromatic heterocycles. The molecule has 1 aliphatic heterocycles. The third kappa shape index (κ3) is 5.51. The molecule has 3 heterocycles. The second-order valence-corrected chi connectivity index (χ2v) is 10.0. The van der Waals surface area contributed by atoms with E-state index in [4.69, 9.17) is 9.40 Å². The van der Waals surface area contributed by atoms with Crippen molar-refractivity contribution in [3.8, 4) is 11.5 Å². The van der Waals surface area contributed by atoms with E-state index in [9.17, 15) is 4.79 Å². The topological polar surface area (TPSA) is 74.5 Å². The fourth-order valence-corrected chi connectivity index (χ4v) is 5.33. The van der Waals surface area contributed by atoms with Crippen LogP contribution in [-0.4, -0.2) is 57.3 Å². The number of aromatic nitrogens is 2. The van der Waals surface area contributed by atoms with Crippen LogP contribution < -0.4 is 5.32 Å². The fraction of sp³-hybridized carbons (Fsp3) is 0.423. The molecule has 1 N–H and O–H groups in total. The Bertz CT molecular complexity index is 1090. The summed E-state index contributed by atoms with van der Waals surface area (Å²) in [6, 6.07) is 12.0. The van der Waals surface area contributed by atoms with Crippen molar-refractivity contribution >= 4 is 17.9 Å². The maximum atomic E-state index is 12.5. The van der Waals surface area contributed by atoms with Crippen LogP contribution >= 0.6 is 11.9 Å². The van der Waals surface area contributed by atoms with Gasteiger partial charge in [-0.1, -0.05) is 24.4 Å². The van der Waals surface area contributed by atoms with E-state index in [0.29, 0.717) is 18.0 Å². The van der Waals surface area contributed by atoms with E-state index in [2.05, 4.69) is 19.5 Å². The van der Waals surface area contributed by atoms with Crippen molar-refractivity contribution in [3.63, 3.8) is 0 Å².